The Morgan fingerprint density at radius 2 is 1.45 bits per heavy atom. The van der Waals surface area contributed by atoms with Crippen molar-refractivity contribution in [2.75, 3.05) is 11.5 Å². The third-order valence-corrected chi connectivity index (χ3v) is 7.71. The Morgan fingerprint density at radius 3 is 1.90 bits per heavy atom. The van der Waals surface area contributed by atoms with E-state index in [4.69, 9.17) is 4.74 Å². The summed E-state index contributed by atoms with van der Waals surface area (Å²) in [4.78, 5) is 28.2. The average Bonchev–Trinajstić information content (AvgIpc) is 2.83. The maximum absolute atomic E-state index is 13.8. The van der Waals surface area contributed by atoms with E-state index in [0.717, 1.165) is 36.4 Å². The summed E-state index contributed by atoms with van der Waals surface area (Å²) in [6, 6.07) is 1.69. The Balaban J connectivity index is 1.87. The molecule has 1 heterocycles. The van der Waals surface area contributed by atoms with Gasteiger partial charge in [0.25, 0.3) is 0 Å². The predicted octanol–water partition coefficient (Wildman–Crippen LogP) is 8.37. The van der Waals surface area contributed by atoms with Crippen molar-refractivity contribution in [2.24, 2.45) is 5.92 Å². The SMILES string of the molecule is CCOC(=O)N1c2ccc(C(F)(F)F)cc2C(N(Cc2cc(C(F)(F)F)cc(C(F)(F)F)c2)C(C)=O)CC1C1CCC1. The predicted molar refractivity (Wildman–Crippen MR) is 132 cm³/mol. The smallest absolute Gasteiger partial charge is 0.416 e. The van der Waals surface area contributed by atoms with E-state index in [1.54, 1.807) is 6.92 Å². The van der Waals surface area contributed by atoms with Gasteiger partial charge >= 0.3 is 24.6 Å². The molecular formula is C28H27F9N2O3. The van der Waals surface area contributed by atoms with Gasteiger partial charge in [-0.25, -0.2) is 4.79 Å². The van der Waals surface area contributed by atoms with Gasteiger partial charge in [0.05, 0.1) is 35.0 Å². The van der Waals surface area contributed by atoms with E-state index in [1.807, 2.05) is 0 Å². The molecule has 1 saturated carbocycles. The maximum Gasteiger partial charge on any atom is 0.416 e. The van der Waals surface area contributed by atoms with E-state index in [-0.39, 0.29) is 36.3 Å². The highest BCUT2D eigenvalue weighted by molar-refractivity contribution is 5.91. The lowest BCUT2D eigenvalue weighted by Gasteiger charge is -2.48. The number of anilines is 1. The van der Waals surface area contributed by atoms with Gasteiger partial charge in [-0.05, 0) is 79.6 Å². The number of amides is 2. The fourth-order valence-corrected chi connectivity index (χ4v) is 5.55. The van der Waals surface area contributed by atoms with E-state index in [9.17, 15) is 49.1 Å². The summed E-state index contributed by atoms with van der Waals surface area (Å²) in [7, 11) is 0. The van der Waals surface area contributed by atoms with E-state index in [0.29, 0.717) is 25.0 Å². The van der Waals surface area contributed by atoms with Gasteiger partial charge in [-0.3, -0.25) is 9.69 Å². The summed E-state index contributed by atoms with van der Waals surface area (Å²) in [5.74, 6) is -0.891. The van der Waals surface area contributed by atoms with Gasteiger partial charge in [0.15, 0.2) is 0 Å². The molecule has 2 unspecified atom stereocenters. The molecule has 0 spiro atoms. The molecule has 2 atom stereocenters. The number of hydrogen-bond donors (Lipinski definition) is 0. The highest BCUT2D eigenvalue weighted by Crippen LogP contribution is 2.49. The van der Waals surface area contributed by atoms with Crippen LogP contribution < -0.4 is 4.90 Å². The summed E-state index contributed by atoms with van der Waals surface area (Å²) in [5.41, 5.74) is -4.86. The van der Waals surface area contributed by atoms with Gasteiger partial charge in [0.2, 0.25) is 5.91 Å². The minimum absolute atomic E-state index is 0.0250. The van der Waals surface area contributed by atoms with Crippen molar-refractivity contribution in [3.8, 4) is 0 Å². The Labute approximate surface area is 235 Å². The van der Waals surface area contributed by atoms with E-state index < -0.39 is 71.4 Å². The quantitative estimate of drug-likeness (QED) is 0.320. The Morgan fingerprint density at radius 1 is 0.881 bits per heavy atom. The molecule has 2 aromatic rings. The van der Waals surface area contributed by atoms with Crippen LogP contribution >= 0.6 is 0 Å². The first kappa shape index (κ1) is 31.5. The van der Waals surface area contributed by atoms with Gasteiger partial charge < -0.3 is 9.64 Å². The summed E-state index contributed by atoms with van der Waals surface area (Å²) in [5, 5.41) is 0. The molecule has 14 heteroatoms. The molecule has 2 amide bonds. The van der Waals surface area contributed by atoms with E-state index in [2.05, 4.69) is 0 Å². The first-order valence-electron chi connectivity index (χ1n) is 13.1. The standard InChI is InChI=1S/C28H27F9N2O3/c1-3-42-25(41)39-22-8-7-18(26(29,30)31)12-21(22)24(13-23(39)17-5-4-6-17)38(15(2)40)14-16-9-19(27(32,33)34)11-20(10-16)28(35,36)37/h7-12,17,23-24H,3-6,13-14H2,1-2H3. The van der Waals surface area contributed by atoms with Crippen molar-refractivity contribution >= 4 is 17.7 Å². The van der Waals surface area contributed by atoms with Crippen molar-refractivity contribution < 1.29 is 53.8 Å². The molecule has 0 saturated heterocycles. The minimum atomic E-state index is -5.13. The number of carbonyl (C=O) groups is 2. The molecule has 2 aromatic carbocycles. The van der Waals surface area contributed by atoms with Crippen molar-refractivity contribution in [1.82, 2.24) is 4.90 Å². The fraction of sp³-hybridized carbons (Fsp3) is 0.500. The molecule has 1 fully saturated rings. The summed E-state index contributed by atoms with van der Waals surface area (Å²) >= 11 is 0. The molecule has 0 radical (unpaired) electrons. The molecule has 5 nitrogen and oxygen atoms in total. The maximum atomic E-state index is 13.8. The van der Waals surface area contributed by atoms with E-state index >= 15 is 0 Å². The number of benzene rings is 2. The van der Waals surface area contributed by atoms with Crippen molar-refractivity contribution in [3.63, 3.8) is 0 Å². The van der Waals surface area contributed by atoms with Gasteiger partial charge in [0.1, 0.15) is 0 Å². The number of fused-ring (bicyclic) bond motifs is 1. The molecule has 1 aliphatic heterocycles. The third kappa shape index (κ3) is 6.46. The lowest BCUT2D eigenvalue weighted by atomic mass is 9.74. The van der Waals surface area contributed by atoms with Gasteiger partial charge in [-0.1, -0.05) is 6.42 Å². The van der Waals surface area contributed by atoms with Crippen LogP contribution in [0.1, 0.15) is 73.4 Å². The third-order valence-electron chi connectivity index (χ3n) is 7.71. The Bertz CT molecular complexity index is 1300. The summed E-state index contributed by atoms with van der Waals surface area (Å²) in [6.07, 6.45) is -13.8. The zero-order valence-corrected chi connectivity index (χ0v) is 22.5. The van der Waals surface area contributed by atoms with Crippen molar-refractivity contribution in [1.29, 1.82) is 0 Å². The first-order chi connectivity index (χ1) is 19.4. The zero-order chi connectivity index (χ0) is 31.2. The van der Waals surface area contributed by atoms with Crippen LogP contribution in [0, 0.1) is 5.92 Å². The van der Waals surface area contributed by atoms with Gasteiger partial charge in [0, 0.05) is 19.5 Å². The number of hydrogen-bond acceptors (Lipinski definition) is 3. The molecule has 1 aliphatic carbocycles. The molecule has 2 aliphatic rings. The molecule has 0 bridgehead atoms. The fourth-order valence-electron chi connectivity index (χ4n) is 5.55. The number of halogens is 9. The van der Waals surface area contributed by atoms with Crippen LogP contribution in [0.3, 0.4) is 0 Å². The van der Waals surface area contributed by atoms with E-state index in [1.165, 1.54) is 4.90 Å². The molecule has 0 N–H and O–H groups in total. The second kappa shape index (κ2) is 11.3. The van der Waals surface area contributed by atoms with Crippen molar-refractivity contribution in [2.45, 2.75) is 76.7 Å². The van der Waals surface area contributed by atoms with Crippen molar-refractivity contribution in [3.05, 3.63) is 64.2 Å². The highest BCUT2D eigenvalue weighted by atomic mass is 19.4. The van der Waals surface area contributed by atoms with Crippen LogP contribution in [-0.4, -0.2) is 29.5 Å². The second-order valence-electron chi connectivity index (χ2n) is 10.4. The van der Waals surface area contributed by atoms with Crippen LogP contribution in [0.2, 0.25) is 0 Å². The van der Waals surface area contributed by atoms with Crippen LogP contribution in [0.4, 0.5) is 50.0 Å². The number of ether oxygens (including phenoxy) is 1. The Hall–Kier alpha value is -3.45. The lowest BCUT2D eigenvalue weighted by molar-refractivity contribution is -0.143. The second-order valence-corrected chi connectivity index (χ2v) is 10.4. The molecular weight excluding hydrogens is 583 g/mol. The summed E-state index contributed by atoms with van der Waals surface area (Å²) < 4.78 is 127. The molecule has 4 rings (SSSR count). The number of carbonyl (C=O) groups excluding carboxylic acids is 2. The highest BCUT2D eigenvalue weighted by Gasteiger charge is 2.46. The van der Waals surface area contributed by atoms with Crippen LogP contribution in [0.25, 0.3) is 0 Å². The number of rotatable bonds is 5. The van der Waals surface area contributed by atoms with Crippen LogP contribution in [0.5, 0.6) is 0 Å². The minimum Gasteiger partial charge on any atom is -0.449 e. The van der Waals surface area contributed by atoms with Gasteiger partial charge in [-0.15, -0.1) is 0 Å². The first-order valence-corrected chi connectivity index (χ1v) is 13.1. The lowest BCUT2D eigenvalue weighted by Crippen LogP contribution is -2.53. The average molecular weight is 611 g/mol. The Kier molecular flexibility index (Phi) is 8.49. The molecule has 0 aromatic heterocycles. The monoisotopic (exact) mass is 610 g/mol. The van der Waals surface area contributed by atoms with Crippen LogP contribution in [-0.2, 0) is 34.6 Å². The normalized spacial score (nSPS) is 19.6. The zero-order valence-electron chi connectivity index (χ0n) is 22.5. The largest absolute Gasteiger partial charge is 0.449 e. The van der Waals surface area contributed by atoms with Crippen LogP contribution in [0.15, 0.2) is 36.4 Å². The molecule has 230 valence electrons. The molecule has 42 heavy (non-hydrogen) atoms. The number of nitrogens with zero attached hydrogens (tertiary/aromatic N) is 2. The summed E-state index contributed by atoms with van der Waals surface area (Å²) in [6.45, 7) is 1.81. The topological polar surface area (TPSA) is 49.9 Å². The van der Waals surface area contributed by atoms with Gasteiger partial charge in [-0.2, -0.15) is 39.5 Å². The number of alkyl halides is 9.